The average Bonchev–Trinajstić information content (AvgIpc) is 2.84. The van der Waals surface area contributed by atoms with Crippen LogP contribution >= 0.6 is 0 Å². The fourth-order valence-corrected chi connectivity index (χ4v) is 3.31. The molecule has 0 aromatic heterocycles. The van der Waals surface area contributed by atoms with Crippen molar-refractivity contribution in [2.75, 3.05) is 26.3 Å². The fourth-order valence-electron chi connectivity index (χ4n) is 3.31. The number of aliphatic hydroxyl groups is 2. The van der Waals surface area contributed by atoms with Crippen LogP contribution in [0.3, 0.4) is 0 Å². The summed E-state index contributed by atoms with van der Waals surface area (Å²) in [5.41, 5.74) is 4.83. The second kappa shape index (κ2) is 13.7. The number of aryl methyl sites for hydroxylation is 2. The third-order valence-corrected chi connectivity index (χ3v) is 5.37. The van der Waals surface area contributed by atoms with Crippen LogP contribution in [0.1, 0.15) is 22.3 Å². The molecule has 6 heteroatoms. The number of hydrogen-bond acceptors (Lipinski definition) is 6. The summed E-state index contributed by atoms with van der Waals surface area (Å²) in [5, 5.41) is 26.8. The third-order valence-electron chi connectivity index (χ3n) is 5.37. The molecule has 0 aliphatic heterocycles. The lowest BCUT2D eigenvalue weighted by molar-refractivity contribution is 0.104. The van der Waals surface area contributed by atoms with E-state index in [-0.39, 0.29) is 13.2 Å². The van der Waals surface area contributed by atoms with Gasteiger partial charge in [-0.3, -0.25) is 0 Å². The van der Waals surface area contributed by atoms with E-state index in [1.165, 1.54) is 22.3 Å². The molecule has 3 rings (SSSR count). The molecule has 6 nitrogen and oxygen atoms in total. The van der Waals surface area contributed by atoms with E-state index in [0.29, 0.717) is 37.7 Å². The van der Waals surface area contributed by atoms with Gasteiger partial charge in [-0.1, -0.05) is 59.7 Å². The number of rotatable bonds is 14. The van der Waals surface area contributed by atoms with Gasteiger partial charge in [-0.25, -0.2) is 0 Å². The number of aliphatic hydroxyl groups excluding tert-OH is 2. The van der Waals surface area contributed by atoms with Crippen LogP contribution in [0.25, 0.3) is 0 Å². The highest BCUT2D eigenvalue weighted by atomic mass is 16.5. The fraction of sp³-hybridized carbons (Fsp3) is 0.357. The van der Waals surface area contributed by atoms with Gasteiger partial charge in [-0.05, 0) is 49.2 Å². The normalized spacial score (nSPS) is 12.8. The van der Waals surface area contributed by atoms with Crippen LogP contribution in [0, 0.1) is 13.8 Å². The van der Waals surface area contributed by atoms with Crippen LogP contribution in [-0.4, -0.2) is 48.7 Å². The molecule has 0 aliphatic rings. The van der Waals surface area contributed by atoms with E-state index < -0.39 is 12.2 Å². The van der Waals surface area contributed by atoms with Gasteiger partial charge in [-0.15, -0.1) is 0 Å². The average molecular weight is 465 g/mol. The highest BCUT2D eigenvalue weighted by molar-refractivity contribution is 5.31. The van der Waals surface area contributed by atoms with Gasteiger partial charge in [0.2, 0.25) is 0 Å². The lowest BCUT2D eigenvalue weighted by Gasteiger charge is -2.15. The van der Waals surface area contributed by atoms with E-state index in [9.17, 15) is 10.2 Å². The number of hydrogen-bond donors (Lipinski definition) is 4. The second-order valence-corrected chi connectivity index (χ2v) is 8.63. The minimum absolute atomic E-state index is 0.201. The van der Waals surface area contributed by atoms with Crippen molar-refractivity contribution in [3.63, 3.8) is 0 Å². The predicted molar refractivity (Wildman–Crippen MR) is 135 cm³/mol. The van der Waals surface area contributed by atoms with Crippen molar-refractivity contribution in [2.24, 2.45) is 0 Å². The van der Waals surface area contributed by atoms with Gasteiger partial charge < -0.3 is 30.3 Å². The lowest BCUT2D eigenvalue weighted by Crippen LogP contribution is -2.31. The summed E-state index contributed by atoms with van der Waals surface area (Å²) in [6.07, 6.45) is -1.21. The molecule has 4 N–H and O–H groups in total. The first-order chi connectivity index (χ1) is 16.5. The van der Waals surface area contributed by atoms with Crippen molar-refractivity contribution < 1.29 is 19.7 Å². The summed E-state index contributed by atoms with van der Waals surface area (Å²) in [6.45, 7) is 6.83. The third kappa shape index (κ3) is 9.53. The smallest absolute Gasteiger partial charge is 0.119 e. The highest BCUT2D eigenvalue weighted by Gasteiger charge is 2.07. The molecule has 182 valence electrons. The van der Waals surface area contributed by atoms with Crippen LogP contribution in [-0.2, 0) is 13.1 Å². The maximum Gasteiger partial charge on any atom is 0.119 e. The van der Waals surface area contributed by atoms with Crippen LogP contribution in [0.15, 0.2) is 72.8 Å². The Balaban J connectivity index is 1.28. The first-order valence-corrected chi connectivity index (χ1v) is 11.7. The quantitative estimate of drug-likeness (QED) is 0.293. The summed E-state index contributed by atoms with van der Waals surface area (Å²) in [5.74, 6) is 1.32. The summed E-state index contributed by atoms with van der Waals surface area (Å²) in [6, 6.07) is 23.8. The maximum atomic E-state index is 10.1. The SMILES string of the molecule is Cc1ccc(CNCC(O)COc2ccc(OCC(O)CNCc3ccc(C)cc3)cc2)cc1. The first kappa shape index (κ1) is 25.7. The molecule has 0 radical (unpaired) electrons. The topological polar surface area (TPSA) is 83.0 Å². The molecule has 34 heavy (non-hydrogen) atoms. The van der Waals surface area contributed by atoms with Gasteiger partial charge >= 0.3 is 0 Å². The van der Waals surface area contributed by atoms with Gasteiger partial charge in [0.1, 0.15) is 36.9 Å². The van der Waals surface area contributed by atoms with E-state index in [1.54, 1.807) is 24.3 Å². The first-order valence-electron chi connectivity index (χ1n) is 11.7. The van der Waals surface area contributed by atoms with E-state index >= 15 is 0 Å². The predicted octanol–water partition coefficient (Wildman–Crippen LogP) is 3.36. The molecule has 0 heterocycles. The van der Waals surface area contributed by atoms with Gasteiger partial charge in [0.25, 0.3) is 0 Å². The Bertz CT molecular complexity index is 879. The molecular weight excluding hydrogens is 428 g/mol. The standard InChI is InChI=1S/C28H36N2O4/c1-21-3-7-23(8-4-21)15-29-17-25(31)19-33-27-11-13-28(14-12-27)34-20-26(32)18-30-16-24-9-5-22(2)6-10-24/h3-14,25-26,29-32H,15-20H2,1-2H3. The van der Waals surface area contributed by atoms with E-state index in [4.69, 9.17) is 9.47 Å². The lowest BCUT2D eigenvalue weighted by atomic mass is 10.1. The molecule has 3 aromatic rings. The van der Waals surface area contributed by atoms with E-state index in [1.807, 2.05) is 0 Å². The van der Waals surface area contributed by atoms with Crippen molar-refractivity contribution in [1.29, 1.82) is 0 Å². The Kier molecular flexibility index (Phi) is 10.4. The van der Waals surface area contributed by atoms with Crippen LogP contribution < -0.4 is 20.1 Å². The van der Waals surface area contributed by atoms with Crippen LogP contribution in [0.4, 0.5) is 0 Å². The van der Waals surface area contributed by atoms with Gasteiger partial charge in [0.05, 0.1) is 0 Å². The molecule has 2 atom stereocenters. The Labute approximate surface area is 202 Å². The van der Waals surface area contributed by atoms with Crippen molar-refractivity contribution in [1.82, 2.24) is 10.6 Å². The molecule has 0 aliphatic carbocycles. The summed E-state index contributed by atoms with van der Waals surface area (Å²) >= 11 is 0. The Hall–Kier alpha value is -2.90. The van der Waals surface area contributed by atoms with Crippen LogP contribution in [0.5, 0.6) is 11.5 Å². The zero-order chi connectivity index (χ0) is 24.2. The summed E-state index contributed by atoms with van der Waals surface area (Å²) < 4.78 is 11.3. The Morgan fingerprint density at radius 1 is 0.588 bits per heavy atom. The molecular formula is C28H36N2O4. The second-order valence-electron chi connectivity index (χ2n) is 8.63. The van der Waals surface area contributed by atoms with Crippen molar-refractivity contribution in [3.05, 3.63) is 95.1 Å². The number of benzene rings is 3. The number of ether oxygens (including phenoxy) is 2. The molecule has 2 unspecified atom stereocenters. The molecule has 0 bridgehead atoms. The van der Waals surface area contributed by atoms with Gasteiger partial charge in [-0.2, -0.15) is 0 Å². The van der Waals surface area contributed by atoms with E-state index in [2.05, 4.69) is 73.0 Å². The molecule has 0 amide bonds. The molecule has 3 aromatic carbocycles. The Morgan fingerprint density at radius 2 is 0.941 bits per heavy atom. The van der Waals surface area contributed by atoms with Crippen molar-refractivity contribution in [3.8, 4) is 11.5 Å². The molecule has 0 fully saturated rings. The molecule has 0 spiro atoms. The summed E-state index contributed by atoms with van der Waals surface area (Å²) in [4.78, 5) is 0. The van der Waals surface area contributed by atoms with Gasteiger partial charge in [0, 0.05) is 26.2 Å². The van der Waals surface area contributed by atoms with E-state index in [0.717, 1.165) is 0 Å². The summed E-state index contributed by atoms with van der Waals surface area (Å²) in [7, 11) is 0. The highest BCUT2D eigenvalue weighted by Crippen LogP contribution is 2.18. The number of nitrogens with one attached hydrogen (secondary N) is 2. The van der Waals surface area contributed by atoms with Crippen molar-refractivity contribution in [2.45, 2.75) is 39.1 Å². The molecule has 0 saturated heterocycles. The monoisotopic (exact) mass is 464 g/mol. The zero-order valence-corrected chi connectivity index (χ0v) is 20.0. The Morgan fingerprint density at radius 3 is 1.29 bits per heavy atom. The maximum absolute atomic E-state index is 10.1. The van der Waals surface area contributed by atoms with Crippen LogP contribution in [0.2, 0.25) is 0 Å². The largest absolute Gasteiger partial charge is 0.491 e. The molecule has 0 saturated carbocycles. The van der Waals surface area contributed by atoms with Crippen molar-refractivity contribution >= 4 is 0 Å². The minimum Gasteiger partial charge on any atom is -0.491 e. The zero-order valence-electron chi connectivity index (χ0n) is 20.0. The van der Waals surface area contributed by atoms with Gasteiger partial charge in [0.15, 0.2) is 0 Å². The minimum atomic E-state index is -0.607.